The van der Waals surface area contributed by atoms with Gasteiger partial charge in [-0.25, -0.2) is 0 Å². The van der Waals surface area contributed by atoms with Crippen LogP contribution in [-0.2, 0) is 6.54 Å². The van der Waals surface area contributed by atoms with E-state index in [2.05, 4.69) is 4.90 Å². The number of piperidine rings is 1. The molecule has 4 nitrogen and oxygen atoms in total. The van der Waals surface area contributed by atoms with Gasteiger partial charge in [0, 0.05) is 23.7 Å². The second kappa shape index (κ2) is 6.57. The number of aliphatic hydroxyl groups is 1. The number of ketones is 1. The van der Waals surface area contributed by atoms with Gasteiger partial charge in [0.25, 0.3) is 0 Å². The highest BCUT2D eigenvalue weighted by Crippen LogP contribution is 2.29. The summed E-state index contributed by atoms with van der Waals surface area (Å²) < 4.78 is 0. The van der Waals surface area contributed by atoms with Crippen LogP contribution in [0.25, 0.3) is 0 Å². The van der Waals surface area contributed by atoms with Crippen LogP contribution in [0.5, 0.6) is 5.75 Å². The summed E-state index contributed by atoms with van der Waals surface area (Å²) in [6, 6.07) is 3.21. The van der Waals surface area contributed by atoms with Crippen molar-refractivity contribution in [2.24, 2.45) is 5.92 Å². The molecule has 0 spiro atoms. The van der Waals surface area contributed by atoms with Crippen LogP contribution in [0.4, 0.5) is 0 Å². The van der Waals surface area contributed by atoms with E-state index in [1.54, 1.807) is 6.07 Å². The van der Waals surface area contributed by atoms with Crippen LogP contribution < -0.4 is 0 Å². The summed E-state index contributed by atoms with van der Waals surface area (Å²) in [4.78, 5) is 13.7. The Balaban J connectivity index is 2.12. The molecule has 0 aliphatic carbocycles. The average Bonchev–Trinajstić information content (AvgIpc) is 2.43. The summed E-state index contributed by atoms with van der Waals surface area (Å²) in [6.45, 7) is 4.00. The third-order valence-electron chi connectivity index (χ3n) is 3.89. The maximum absolute atomic E-state index is 11.5. The van der Waals surface area contributed by atoms with Gasteiger partial charge in [0.2, 0.25) is 0 Å². The van der Waals surface area contributed by atoms with Crippen molar-refractivity contribution < 1.29 is 15.0 Å². The maximum atomic E-state index is 11.5. The molecule has 110 valence electrons. The lowest BCUT2D eigenvalue weighted by Crippen LogP contribution is -2.34. The number of aliphatic hydroxyl groups excluding tert-OH is 1. The molecule has 1 fully saturated rings. The molecule has 1 aromatic rings. The number of hydrogen-bond donors (Lipinski definition) is 2. The number of phenolic OH excluding ortho intramolecular Hbond substituents is 1. The largest absolute Gasteiger partial charge is 0.507 e. The molecule has 1 heterocycles. The quantitative estimate of drug-likeness (QED) is 0.838. The van der Waals surface area contributed by atoms with Gasteiger partial charge in [0.05, 0.1) is 5.56 Å². The van der Waals surface area contributed by atoms with E-state index in [1.165, 1.54) is 13.0 Å². The van der Waals surface area contributed by atoms with Crippen molar-refractivity contribution in [2.45, 2.75) is 26.3 Å². The molecule has 1 aromatic carbocycles. The van der Waals surface area contributed by atoms with Gasteiger partial charge in [-0.1, -0.05) is 11.6 Å². The molecule has 20 heavy (non-hydrogen) atoms. The molecule has 0 atom stereocenters. The van der Waals surface area contributed by atoms with Crippen LogP contribution in [-0.4, -0.2) is 40.6 Å². The third-order valence-corrected chi connectivity index (χ3v) is 4.11. The van der Waals surface area contributed by atoms with Crippen molar-refractivity contribution in [3.05, 3.63) is 28.3 Å². The number of carbonyl (C=O) groups excluding carboxylic acids is 1. The minimum absolute atomic E-state index is 0.0335. The molecular formula is C15H20ClNO3. The molecule has 0 aromatic heterocycles. The predicted octanol–water partition coefficient (Wildman–Crippen LogP) is 2.45. The van der Waals surface area contributed by atoms with Gasteiger partial charge in [-0.05, 0) is 50.9 Å². The number of rotatable bonds is 4. The maximum Gasteiger partial charge on any atom is 0.163 e. The van der Waals surface area contributed by atoms with Gasteiger partial charge in [-0.2, -0.15) is 0 Å². The highest BCUT2D eigenvalue weighted by Gasteiger charge is 2.20. The molecule has 0 saturated carbocycles. The van der Waals surface area contributed by atoms with Crippen molar-refractivity contribution in [2.75, 3.05) is 19.7 Å². The van der Waals surface area contributed by atoms with Gasteiger partial charge < -0.3 is 10.2 Å². The lowest BCUT2D eigenvalue weighted by atomic mass is 9.97. The summed E-state index contributed by atoms with van der Waals surface area (Å²) in [7, 11) is 0. The van der Waals surface area contributed by atoms with E-state index in [0.717, 1.165) is 25.9 Å². The van der Waals surface area contributed by atoms with E-state index in [1.807, 2.05) is 0 Å². The van der Waals surface area contributed by atoms with Crippen LogP contribution in [0.2, 0.25) is 5.02 Å². The van der Waals surface area contributed by atoms with Gasteiger partial charge >= 0.3 is 0 Å². The van der Waals surface area contributed by atoms with Gasteiger partial charge in [-0.3, -0.25) is 9.69 Å². The molecule has 5 heteroatoms. The fourth-order valence-corrected chi connectivity index (χ4v) is 2.85. The Morgan fingerprint density at radius 1 is 1.40 bits per heavy atom. The minimum atomic E-state index is -0.190. The molecule has 0 bridgehead atoms. The summed E-state index contributed by atoms with van der Waals surface area (Å²) in [6.07, 6.45) is 1.91. The Hall–Kier alpha value is -1.10. The van der Waals surface area contributed by atoms with Crippen LogP contribution in [0.1, 0.15) is 35.7 Å². The standard InChI is InChI=1S/C15H20ClNO3/c1-10(19)14-7-13(16)6-12(15(14)20)8-17-4-2-11(9-18)3-5-17/h6-7,11,18,20H,2-5,8-9H2,1H3. The van der Waals surface area contributed by atoms with E-state index in [-0.39, 0.29) is 23.7 Å². The first-order chi connectivity index (χ1) is 9.51. The topological polar surface area (TPSA) is 60.8 Å². The lowest BCUT2D eigenvalue weighted by molar-refractivity contribution is 0.101. The first kappa shape index (κ1) is 15.3. The highest BCUT2D eigenvalue weighted by atomic mass is 35.5. The third kappa shape index (κ3) is 3.51. The van der Waals surface area contributed by atoms with E-state index in [9.17, 15) is 9.90 Å². The zero-order chi connectivity index (χ0) is 14.7. The van der Waals surface area contributed by atoms with Gasteiger partial charge in [0.1, 0.15) is 5.75 Å². The van der Waals surface area contributed by atoms with Crippen molar-refractivity contribution in [1.82, 2.24) is 4.90 Å². The Kier molecular flexibility index (Phi) is 5.02. The van der Waals surface area contributed by atoms with Crippen LogP contribution in [0, 0.1) is 5.92 Å². The van der Waals surface area contributed by atoms with Gasteiger partial charge in [0.15, 0.2) is 5.78 Å². The molecule has 2 rings (SSSR count). The average molecular weight is 298 g/mol. The molecule has 1 aliphatic rings. The van der Waals surface area contributed by atoms with E-state index < -0.39 is 0 Å². The molecule has 0 radical (unpaired) electrons. The smallest absolute Gasteiger partial charge is 0.163 e. The number of likely N-dealkylation sites (tertiary alicyclic amines) is 1. The minimum Gasteiger partial charge on any atom is -0.507 e. The number of nitrogens with zero attached hydrogens (tertiary/aromatic N) is 1. The lowest BCUT2D eigenvalue weighted by Gasteiger charge is -2.31. The van der Waals surface area contributed by atoms with Crippen LogP contribution in [0.3, 0.4) is 0 Å². The number of Topliss-reactive ketones (excluding diaryl/α,β-unsaturated/α-hetero) is 1. The number of phenols is 1. The van der Waals surface area contributed by atoms with Crippen molar-refractivity contribution in [3.8, 4) is 5.75 Å². The first-order valence-corrected chi connectivity index (χ1v) is 7.24. The van der Waals surface area contributed by atoms with E-state index in [0.29, 0.717) is 23.0 Å². The summed E-state index contributed by atoms with van der Waals surface area (Å²) in [5.74, 6) is 0.225. The van der Waals surface area contributed by atoms with Crippen LogP contribution in [0.15, 0.2) is 12.1 Å². The zero-order valence-corrected chi connectivity index (χ0v) is 12.4. The Bertz CT molecular complexity index is 496. The fourth-order valence-electron chi connectivity index (χ4n) is 2.61. The fraction of sp³-hybridized carbons (Fsp3) is 0.533. The predicted molar refractivity (Wildman–Crippen MR) is 78.2 cm³/mol. The molecule has 2 N–H and O–H groups in total. The molecule has 0 amide bonds. The number of aromatic hydroxyl groups is 1. The SMILES string of the molecule is CC(=O)c1cc(Cl)cc(CN2CCC(CO)CC2)c1O. The van der Waals surface area contributed by atoms with E-state index in [4.69, 9.17) is 16.7 Å². The summed E-state index contributed by atoms with van der Waals surface area (Å²) in [5.41, 5.74) is 0.961. The molecular weight excluding hydrogens is 278 g/mol. The number of carbonyl (C=O) groups is 1. The molecule has 1 aliphatic heterocycles. The Morgan fingerprint density at radius 2 is 2.05 bits per heavy atom. The number of halogens is 1. The summed E-state index contributed by atoms with van der Waals surface area (Å²) in [5, 5.41) is 19.8. The normalized spacial score (nSPS) is 17.4. The second-order valence-corrected chi connectivity index (χ2v) is 5.86. The first-order valence-electron chi connectivity index (χ1n) is 6.86. The number of benzene rings is 1. The molecule has 1 saturated heterocycles. The van der Waals surface area contributed by atoms with Crippen molar-refractivity contribution in [1.29, 1.82) is 0 Å². The van der Waals surface area contributed by atoms with Crippen molar-refractivity contribution >= 4 is 17.4 Å². The summed E-state index contributed by atoms with van der Waals surface area (Å²) >= 11 is 6.01. The zero-order valence-electron chi connectivity index (χ0n) is 11.6. The second-order valence-electron chi connectivity index (χ2n) is 5.42. The highest BCUT2D eigenvalue weighted by molar-refractivity contribution is 6.31. The monoisotopic (exact) mass is 297 g/mol. The van der Waals surface area contributed by atoms with Gasteiger partial charge in [-0.15, -0.1) is 0 Å². The molecule has 0 unspecified atom stereocenters. The Morgan fingerprint density at radius 3 is 2.60 bits per heavy atom. The van der Waals surface area contributed by atoms with Crippen LogP contribution >= 0.6 is 11.6 Å². The van der Waals surface area contributed by atoms with Crippen molar-refractivity contribution in [3.63, 3.8) is 0 Å². The number of hydrogen-bond acceptors (Lipinski definition) is 4. The van der Waals surface area contributed by atoms with E-state index >= 15 is 0 Å². The Labute approximate surface area is 124 Å².